The number of primary amides is 1. The number of hydrogen-bond donors (Lipinski definition) is 3. The van der Waals surface area contributed by atoms with Crippen molar-refractivity contribution in [2.45, 2.75) is 0 Å². The van der Waals surface area contributed by atoms with Gasteiger partial charge in [-0.3, -0.25) is 4.79 Å². The zero-order valence-electron chi connectivity index (χ0n) is 7.74. The third kappa shape index (κ3) is 1.98. The van der Waals surface area contributed by atoms with Gasteiger partial charge in [-0.05, 0) is 12.1 Å². The zero-order chi connectivity index (χ0) is 10.8. The molecule has 0 fully saturated rings. The monoisotopic (exact) mass is 207 g/mol. The number of ether oxygens (including phenoxy) is 1. The molecule has 1 aliphatic rings. The van der Waals surface area contributed by atoms with Gasteiger partial charge in [0.1, 0.15) is 5.75 Å². The standard InChI is InChI=1S/C9H9N3O3/c10-9(14)11-5-1-2-6-7(3-5)15-4-8(13)12-6/h1-3H,4H2,(H,12,13)(H3,10,11,14). The van der Waals surface area contributed by atoms with Crippen molar-refractivity contribution in [2.24, 2.45) is 5.73 Å². The van der Waals surface area contributed by atoms with Gasteiger partial charge in [0.15, 0.2) is 6.61 Å². The third-order valence-electron chi connectivity index (χ3n) is 1.88. The van der Waals surface area contributed by atoms with Crippen molar-refractivity contribution in [1.29, 1.82) is 0 Å². The van der Waals surface area contributed by atoms with Gasteiger partial charge in [0.25, 0.3) is 5.91 Å². The molecule has 1 aliphatic heterocycles. The molecule has 0 unspecified atom stereocenters. The summed E-state index contributed by atoms with van der Waals surface area (Å²) >= 11 is 0. The molecule has 1 heterocycles. The van der Waals surface area contributed by atoms with Crippen molar-refractivity contribution in [3.05, 3.63) is 18.2 Å². The van der Waals surface area contributed by atoms with Gasteiger partial charge in [-0.2, -0.15) is 0 Å². The Labute approximate surface area is 85.4 Å². The summed E-state index contributed by atoms with van der Waals surface area (Å²) in [4.78, 5) is 21.6. The van der Waals surface area contributed by atoms with Crippen molar-refractivity contribution in [1.82, 2.24) is 0 Å². The minimum atomic E-state index is -0.644. The highest BCUT2D eigenvalue weighted by molar-refractivity contribution is 5.96. The van der Waals surface area contributed by atoms with E-state index in [2.05, 4.69) is 10.6 Å². The smallest absolute Gasteiger partial charge is 0.316 e. The first-order valence-corrected chi connectivity index (χ1v) is 4.28. The van der Waals surface area contributed by atoms with Crippen molar-refractivity contribution in [3.63, 3.8) is 0 Å². The van der Waals surface area contributed by atoms with Gasteiger partial charge in [-0.25, -0.2) is 4.79 Å². The lowest BCUT2D eigenvalue weighted by Crippen LogP contribution is -2.25. The van der Waals surface area contributed by atoms with Crippen LogP contribution >= 0.6 is 0 Å². The summed E-state index contributed by atoms with van der Waals surface area (Å²) < 4.78 is 5.15. The summed E-state index contributed by atoms with van der Waals surface area (Å²) in [6.07, 6.45) is 0. The predicted molar refractivity (Wildman–Crippen MR) is 53.8 cm³/mol. The summed E-state index contributed by atoms with van der Waals surface area (Å²) in [6.45, 7) is -0.0208. The number of rotatable bonds is 1. The second-order valence-electron chi connectivity index (χ2n) is 3.04. The number of urea groups is 1. The van der Waals surface area contributed by atoms with E-state index in [-0.39, 0.29) is 12.5 Å². The van der Waals surface area contributed by atoms with E-state index < -0.39 is 6.03 Å². The SMILES string of the molecule is NC(=O)Nc1ccc2c(c1)OCC(=O)N2. The molecule has 0 bridgehead atoms. The van der Waals surface area contributed by atoms with E-state index in [1.54, 1.807) is 18.2 Å². The molecular weight excluding hydrogens is 198 g/mol. The molecule has 1 aromatic carbocycles. The maximum absolute atomic E-state index is 11.0. The van der Waals surface area contributed by atoms with Crippen LogP contribution < -0.4 is 21.1 Å². The van der Waals surface area contributed by atoms with E-state index in [0.29, 0.717) is 17.1 Å². The van der Waals surface area contributed by atoms with E-state index in [1.165, 1.54) is 0 Å². The Morgan fingerprint density at radius 2 is 2.33 bits per heavy atom. The number of nitrogens with two attached hydrogens (primary N) is 1. The number of hydrogen-bond acceptors (Lipinski definition) is 3. The number of nitrogens with one attached hydrogen (secondary N) is 2. The number of amides is 3. The molecule has 2 rings (SSSR count). The van der Waals surface area contributed by atoms with Crippen LogP contribution in [-0.4, -0.2) is 18.5 Å². The molecule has 4 N–H and O–H groups in total. The van der Waals surface area contributed by atoms with Crippen LogP contribution in [0.5, 0.6) is 5.75 Å². The number of anilines is 2. The van der Waals surface area contributed by atoms with E-state index in [1.807, 2.05) is 0 Å². The summed E-state index contributed by atoms with van der Waals surface area (Å²) in [5, 5.41) is 5.04. The minimum Gasteiger partial charge on any atom is -0.482 e. The van der Waals surface area contributed by atoms with E-state index in [0.717, 1.165) is 0 Å². The quantitative estimate of drug-likeness (QED) is 0.626. The molecule has 6 heteroatoms. The fourth-order valence-corrected chi connectivity index (χ4v) is 1.29. The maximum Gasteiger partial charge on any atom is 0.316 e. The Balaban J connectivity index is 2.26. The Morgan fingerprint density at radius 1 is 1.53 bits per heavy atom. The fraction of sp³-hybridized carbons (Fsp3) is 0.111. The molecule has 0 aromatic heterocycles. The number of carbonyl (C=O) groups excluding carboxylic acids is 2. The molecule has 0 aliphatic carbocycles. The van der Waals surface area contributed by atoms with Crippen LogP contribution in [0.25, 0.3) is 0 Å². The maximum atomic E-state index is 11.0. The highest BCUT2D eigenvalue weighted by Crippen LogP contribution is 2.30. The van der Waals surface area contributed by atoms with Gasteiger partial charge in [0.2, 0.25) is 0 Å². The zero-order valence-corrected chi connectivity index (χ0v) is 7.74. The molecule has 0 saturated heterocycles. The largest absolute Gasteiger partial charge is 0.482 e. The third-order valence-corrected chi connectivity index (χ3v) is 1.88. The predicted octanol–water partition coefficient (Wildman–Crippen LogP) is 0.508. The van der Waals surface area contributed by atoms with Crippen molar-refractivity contribution in [2.75, 3.05) is 17.2 Å². The summed E-state index contributed by atoms with van der Waals surface area (Å²) in [7, 11) is 0. The van der Waals surface area contributed by atoms with Crippen molar-refractivity contribution >= 4 is 23.3 Å². The average molecular weight is 207 g/mol. The Hall–Kier alpha value is -2.24. The van der Waals surface area contributed by atoms with Crippen LogP contribution in [0.1, 0.15) is 0 Å². The van der Waals surface area contributed by atoms with E-state index >= 15 is 0 Å². The lowest BCUT2D eigenvalue weighted by atomic mass is 10.2. The molecule has 6 nitrogen and oxygen atoms in total. The Morgan fingerprint density at radius 3 is 3.07 bits per heavy atom. The van der Waals surface area contributed by atoms with Crippen LogP contribution in [0.4, 0.5) is 16.2 Å². The molecule has 15 heavy (non-hydrogen) atoms. The highest BCUT2D eigenvalue weighted by atomic mass is 16.5. The van der Waals surface area contributed by atoms with Gasteiger partial charge in [-0.1, -0.05) is 0 Å². The topological polar surface area (TPSA) is 93.5 Å². The first-order chi connectivity index (χ1) is 7.15. The highest BCUT2D eigenvalue weighted by Gasteiger charge is 2.15. The second-order valence-corrected chi connectivity index (χ2v) is 3.04. The lowest BCUT2D eigenvalue weighted by molar-refractivity contribution is -0.118. The molecular formula is C9H9N3O3. The normalized spacial score (nSPS) is 13.5. The lowest BCUT2D eigenvalue weighted by Gasteiger charge is -2.18. The van der Waals surface area contributed by atoms with Crippen LogP contribution in [0.3, 0.4) is 0 Å². The Bertz CT molecular complexity index is 431. The molecule has 78 valence electrons. The van der Waals surface area contributed by atoms with Crippen molar-refractivity contribution in [3.8, 4) is 5.75 Å². The van der Waals surface area contributed by atoms with E-state index in [4.69, 9.17) is 10.5 Å². The van der Waals surface area contributed by atoms with Crippen LogP contribution in [-0.2, 0) is 4.79 Å². The van der Waals surface area contributed by atoms with Crippen LogP contribution in [0, 0.1) is 0 Å². The number of carbonyl (C=O) groups is 2. The number of fused-ring (bicyclic) bond motifs is 1. The molecule has 0 radical (unpaired) electrons. The van der Waals surface area contributed by atoms with Crippen LogP contribution in [0.2, 0.25) is 0 Å². The molecule has 0 saturated carbocycles. The van der Waals surface area contributed by atoms with Gasteiger partial charge >= 0.3 is 6.03 Å². The molecule has 1 aromatic rings. The van der Waals surface area contributed by atoms with Gasteiger partial charge in [0.05, 0.1) is 5.69 Å². The van der Waals surface area contributed by atoms with Crippen LogP contribution in [0.15, 0.2) is 18.2 Å². The van der Waals surface area contributed by atoms with Gasteiger partial charge < -0.3 is 21.1 Å². The Kier molecular flexibility index (Phi) is 2.17. The second kappa shape index (κ2) is 3.49. The number of benzene rings is 1. The fourth-order valence-electron chi connectivity index (χ4n) is 1.29. The molecule has 0 spiro atoms. The first kappa shape index (κ1) is 9.32. The summed E-state index contributed by atoms with van der Waals surface area (Å²) in [5.41, 5.74) is 6.07. The van der Waals surface area contributed by atoms with E-state index in [9.17, 15) is 9.59 Å². The first-order valence-electron chi connectivity index (χ1n) is 4.28. The summed E-state index contributed by atoms with van der Waals surface area (Å²) in [5.74, 6) is 0.318. The minimum absolute atomic E-state index is 0.0208. The van der Waals surface area contributed by atoms with Gasteiger partial charge in [0, 0.05) is 11.8 Å². The van der Waals surface area contributed by atoms with Gasteiger partial charge in [-0.15, -0.1) is 0 Å². The molecule has 3 amide bonds. The summed E-state index contributed by atoms with van der Waals surface area (Å²) in [6, 6.07) is 4.21. The molecule has 0 atom stereocenters. The van der Waals surface area contributed by atoms with Crippen molar-refractivity contribution < 1.29 is 14.3 Å². The average Bonchev–Trinajstić information content (AvgIpc) is 2.17.